The van der Waals surface area contributed by atoms with E-state index in [2.05, 4.69) is 15.4 Å². The van der Waals surface area contributed by atoms with Crippen molar-refractivity contribution in [1.29, 1.82) is 0 Å². The summed E-state index contributed by atoms with van der Waals surface area (Å²) in [5.41, 5.74) is 0.697. The Hall–Kier alpha value is -3.89. The van der Waals surface area contributed by atoms with Crippen LogP contribution in [-0.4, -0.2) is 39.4 Å². The molecule has 1 heterocycles. The molecule has 0 saturated heterocycles. The molecule has 0 saturated carbocycles. The van der Waals surface area contributed by atoms with E-state index in [1.165, 1.54) is 16.8 Å². The van der Waals surface area contributed by atoms with Gasteiger partial charge in [0, 0.05) is 17.7 Å². The van der Waals surface area contributed by atoms with Crippen molar-refractivity contribution in [2.75, 3.05) is 11.9 Å². The standard InChI is InChI=1S/C24H25F3N4O4/c1-4-34-21(33)14-13-20(32)28-18-9-11-19(12-10-18)31-22(29-23(30-31)35-15(2)3)16-5-7-17(8-6-16)24(25,26)27/h5-12,15H,4,13-14H2,1-3H3,(H,28,32). The maximum Gasteiger partial charge on any atom is 0.416 e. The molecule has 0 fully saturated rings. The number of nitrogens with zero attached hydrogens (tertiary/aromatic N) is 3. The lowest BCUT2D eigenvalue weighted by Gasteiger charge is -2.10. The molecule has 0 radical (unpaired) electrons. The second kappa shape index (κ2) is 11.0. The molecule has 3 rings (SSSR count). The fourth-order valence-electron chi connectivity index (χ4n) is 3.09. The maximum atomic E-state index is 13.0. The van der Waals surface area contributed by atoms with Gasteiger partial charge in [0.1, 0.15) is 0 Å². The molecule has 35 heavy (non-hydrogen) atoms. The third-order valence-corrected chi connectivity index (χ3v) is 4.66. The Kier molecular flexibility index (Phi) is 8.10. The second-order valence-electron chi connectivity index (χ2n) is 7.77. The number of rotatable bonds is 9. The highest BCUT2D eigenvalue weighted by atomic mass is 19.4. The minimum Gasteiger partial charge on any atom is -0.466 e. The van der Waals surface area contributed by atoms with Crippen molar-refractivity contribution in [3.8, 4) is 23.1 Å². The normalized spacial score (nSPS) is 11.4. The molecule has 0 bridgehead atoms. The Balaban J connectivity index is 1.82. The average Bonchev–Trinajstić information content (AvgIpc) is 3.21. The first-order chi connectivity index (χ1) is 16.6. The lowest BCUT2D eigenvalue weighted by Crippen LogP contribution is -2.14. The molecule has 0 spiro atoms. The molecule has 11 heteroatoms. The molecule has 0 aliphatic carbocycles. The minimum atomic E-state index is -4.45. The number of hydrogen-bond acceptors (Lipinski definition) is 6. The summed E-state index contributed by atoms with van der Waals surface area (Å²) >= 11 is 0. The van der Waals surface area contributed by atoms with Crippen LogP contribution in [0.3, 0.4) is 0 Å². The zero-order valence-electron chi connectivity index (χ0n) is 19.4. The van der Waals surface area contributed by atoms with Gasteiger partial charge in [-0.1, -0.05) is 12.1 Å². The Morgan fingerprint density at radius 2 is 1.69 bits per heavy atom. The van der Waals surface area contributed by atoms with Crippen molar-refractivity contribution in [1.82, 2.24) is 14.8 Å². The van der Waals surface area contributed by atoms with Gasteiger partial charge in [0.15, 0.2) is 5.82 Å². The van der Waals surface area contributed by atoms with Crippen molar-refractivity contribution in [2.24, 2.45) is 0 Å². The summed E-state index contributed by atoms with van der Waals surface area (Å²) in [5.74, 6) is -0.496. The second-order valence-corrected chi connectivity index (χ2v) is 7.77. The van der Waals surface area contributed by atoms with Gasteiger partial charge in [0.25, 0.3) is 0 Å². The first kappa shape index (κ1) is 25.7. The third kappa shape index (κ3) is 7.05. The van der Waals surface area contributed by atoms with Gasteiger partial charge in [-0.3, -0.25) is 9.59 Å². The number of benzene rings is 2. The van der Waals surface area contributed by atoms with Crippen LogP contribution in [0.1, 0.15) is 39.2 Å². The molecule has 0 unspecified atom stereocenters. The molecule has 1 amide bonds. The average molecular weight is 490 g/mol. The Morgan fingerprint density at radius 3 is 2.26 bits per heavy atom. The molecule has 3 aromatic rings. The Morgan fingerprint density at radius 1 is 1.03 bits per heavy atom. The Bertz CT molecular complexity index is 1160. The number of hydrogen-bond donors (Lipinski definition) is 1. The highest BCUT2D eigenvalue weighted by Gasteiger charge is 2.30. The zero-order chi connectivity index (χ0) is 25.6. The van der Waals surface area contributed by atoms with Crippen molar-refractivity contribution in [3.05, 3.63) is 54.1 Å². The smallest absolute Gasteiger partial charge is 0.416 e. The number of esters is 1. The summed E-state index contributed by atoms with van der Waals surface area (Å²) in [7, 11) is 0. The molecule has 0 atom stereocenters. The highest BCUT2D eigenvalue weighted by Crippen LogP contribution is 2.31. The summed E-state index contributed by atoms with van der Waals surface area (Å²) < 4.78 is 50.7. The van der Waals surface area contributed by atoms with Gasteiger partial charge in [0.2, 0.25) is 5.91 Å². The van der Waals surface area contributed by atoms with Gasteiger partial charge in [-0.25, -0.2) is 4.68 Å². The molecule has 0 aliphatic rings. The van der Waals surface area contributed by atoms with Gasteiger partial charge in [-0.15, -0.1) is 5.10 Å². The molecule has 1 N–H and O–H groups in total. The summed E-state index contributed by atoms with van der Waals surface area (Å²) in [6.07, 6.45) is -4.70. The van der Waals surface area contributed by atoms with Crippen LogP contribution in [0.5, 0.6) is 6.01 Å². The summed E-state index contributed by atoms with van der Waals surface area (Å²) in [5, 5.41) is 7.04. The van der Waals surface area contributed by atoms with Gasteiger partial charge < -0.3 is 14.8 Å². The van der Waals surface area contributed by atoms with Crippen LogP contribution >= 0.6 is 0 Å². The highest BCUT2D eigenvalue weighted by molar-refractivity contribution is 5.92. The van der Waals surface area contributed by atoms with E-state index >= 15 is 0 Å². The largest absolute Gasteiger partial charge is 0.466 e. The topological polar surface area (TPSA) is 95.3 Å². The number of halogens is 3. The summed E-state index contributed by atoms with van der Waals surface area (Å²) in [4.78, 5) is 27.8. The van der Waals surface area contributed by atoms with Crippen molar-refractivity contribution in [2.45, 2.75) is 45.9 Å². The van der Waals surface area contributed by atoms with Gasteiger partial charge in [-0.05, 0) is 57.2 Å². The molecule has 8 nitrogen and oxygen atoms in total. The predicted molar refractivity (Wildman–Crippen MR) is 122 cm³/mol. The van der Waals surface area contributed by atoms with E-state index in [1.54, 1.807) is 45.0 Å². The molecule has 0 aliphatic heterocycles. The van der Waals surface area contributed by atoms with Crippen molar-refractivity contribution >= 4 is 17.6 Å². The maximum absolute atomic E-state index is 13.0. The van der Waals surface area contributed by atoms with Crippen LogP contribution in [0.4, 0.5) is 18.9 Å². The van der Waals surface area contributed by atoms with Gasteiger partial charge in [-0.2, -0.15) is 18.2 Å². The number of anilines is 1. The fraction of sp³-hybridized carbons (Fsp3) is 0.333. The molecular formula is C24H25F3N4O4. The van der Waals surface area contributed by atoms with E-state index < -0.39 is 17.7 Å². The minimum absolute atomic E-state index is 0.0162. The van der Waals surface area contributed by atoms with Gasteiger partial charge >= 0.3 is 18.2 Å². The summed E-state index contributed by atoms with van der Waals surface area (Å²) in [6, 6.07) is 11.3. The van der Waals surface area contributed by atoms with Crippen LogP contribution in [-0.2, 0) is 20.5 Å². The number of ether oxygens (including phenoxy) is 2. The van der Waals surface area contributed by atoms with E-state index in [1.807, 2.05) is 0 Å². The number of amides is 1. The van der Waals surface area contributed by atoms with Crippen LogP contribution in [0.25, 0.3) is 17.1 Å². The lowest BCUT2D eigenvalue weighted by molar-refractivity contribution is -0.144. The zero-order valence-corrected chi connectivity index (χ0v) is 19.4. The number of aromatic nitrogens is 3. The van der Waals surface area contributed by atoms with Crippen LogP contribution in [0.2, 0.25) is 0 Å². The quantitative estimate of drug-likeness (QED) is 0.423. The van der Waals surface area contributed by atoms with Crippen LogP contribution in [0, 0.1) is 0 Å². The number of carbonyl (C=O) groups excluding carboxylic acids is 2. The summed E-state index contributed by atoms with van der Waals surface area (Å²) in [6.45, 7) is 5.55. The molecule has 186 valence electrons. The molecular weight excluding hydrogens is 465 g/mol. The fourth-order valence-corrected chi connectivity index (χ4v) is 3.09. The van der Waals surface area contributed by atoms with E-state index in [-0.39, 0.29) is 37.5 Å². The SMILES string of the molecule is CCOC(=O)CCC(=O)Nc1ccc(-n2nc(OC(C)C)nc2-c2ccc(C(F)(F)F)cc2)cc1. The van der Waals surface area contributed by atoms with Gasteiger partial charge in [0.05, 0.1) is 30.4 Å². The first-order valence-corrected chi connectivity index (χ1v) is 10.9. The Labute approximate surface area is 200 Å². The number of nitrogens with one attached hydrogen (secondary N) is 1. The number of carbonyl (C=O) groups is 2. The van der Waals surface area contributed by atoms with Crippen LogP contribution < -0.4 is 10.1 Å². The monoisotopic (exact) mass is 490 g/mol. The van der Waals surface area contributed by atoms with E-state index in [0.29, 0.717) is 22.8 Å². The van der Waals surface area contributed by atoms with Crippen LogP contribution in [0.15, 0.2) is 48.5 Å². The van der Waals surface area contributed by atoms with Crippen molar-refractivity contribution in [3.63, 3.8) is 0 Å². The lowest BCUT2D eigenvalue weighted by atomic mass is 10.1. The molecule has 2 aromatic carbocycles. The van der Waals surface area contributed by atoms with E-state index in [0.717, 1.165) is 12.1 Å². The van der Waals surface area contributed by atoms with E-state index in [4.69, 9.17) is 9.47 Å². The van der Waals surface area contributed by atoms with Crippen molar-refractivity contribution < 1.29 is 32.2 Å². The van der Waals surface area contributed by atoms with E-state index in [9.17, 15) is 22.8 Å². The molecule has 1 aromatic heterocycles. The number of alkyl halides is 3. The third-order valence-electron chi connectivity index (χ3n) is 4.66. The first-order valence-electron chi connectivity index (χ1n) is 10.9. The predicted octanol–water partition coefficient (Wildman–Crippen LogP) is 5.02.